The lowest BCUT2D eigenvalue weighted by Gasteiger charge is -2.34. The number of hydrogen-bond acceptors (Lipinski definition) is 3. The number of alkyl halides is 5. The van der Waals surface area contributed by atoms with E-state index in [9.17, 15) is 26.7 Å². The van der Waals surface area contributed by atoms with Crippen LogP contribution in [0.25, 0.3) is 0 Å². The highest BCUT2D eigenvalue weighted by atomic mass is 19.4. The first-order valence-electron chi connectivity index (χ1n) is 4.43. The summed E-state index contributed by atoms with van der Waals surface area (Å²) in [5.41, 5.74) is 7.94. The van der Waals surface area contributed by atoms with Crippen LogP contribution in [0.5, 0.6) is 0 Å². The number of carbonyl (C=O) groups excluding carboxylic acids is 1. The standard InChI is InChI=1S/C9H9F5N2O/c10-8(11,9(12,13)14)6(17)7(16)4-2-1-3-5(7)15/h1-5H,15-16H2. The molecule has 96 valence electrons. The minimum atomic E-state index is -5.99. The number of allylic oxidation sites excluding steroid dienone is 2. The monoisotopic (exact) mass is 256 g/mol. The second-order valence-corrected chi connectivity index (χ2v) is 3.60. The van der Waals surface area contributed by atoms with Gasteiger partial charge in [0.05, 0.1) is 6.04 Å². The third-order valence-electron chi connectivity index (χ3n) is 2.39. The molecule has 4 N–H and O–H groups in total. The van der Waals surface area contributed by atoms with Gasteiger partial charge in [-0.2, -0.15) is 22.0 Å². The zero-order chi connectivity index (χ0) is 13.5. The van der Waals surface area contributed by atoms with Crippen LogP contribution in [-0.4, -0.2) is 29.5 Å². The molecule has 8 heteroatoms. The van der Waals surface area contributed by atoms with Crippen LogP contribution in [0.1, 0.15) is 0 Å². The Morgan fingerprint density at radius 2 is 1.71 bits per heavy atom. The molecular formula is C9H9F5N2O. The summed E-state index contributed by atoms with van der Waals surface area (Å²) < 4.78 is 61.8. The molecule has 1 rings (SSSR count). The van der Waals surface area contributed by atoms with Crippen molar-refractivity contribution in [2.45, 2.75) is 23.7 Å². The van der Waals surface area contributed by atoms with Crippen molar-refractivity contribution in [1.82, 2.24) is 0 Å². The summed E-state index contributed by atoms with van der Waals surface area (Å²) >= 11 is 0. The lowest BCUT2D eigenvalue weighted by atomic mass is 9.81. The fraction of sp³-hybridized carbons (Fsp3) is 0.444. The van der Waals surface area contributed by atoms with Crippen molar-refractivity contribution in [3.8, 4) is 0 Å². The van der Waals surface area contributed by atoms with Gasteiger partial charge in [-0.3, -0.25) is 4.79 Å². The fourth-order valence-corrected chi connectivity index (χ4v) is 1.30. The van der Waals surface area contributed by atoms with Crippen LogP contribution >= 0.6 is 0 Å². The van der Waals surface area contributed by atoms with E-state index in [4.69, 9.17) is 11.5 Å². The van der Waals surface area contributed by atoms with Crippen molar-refractivity contribution in [3.63, 3.8) is 0 Å². The van der Waals surface area contributed by atoms with E-state index in [1.807, 2.05) is 0 Å². The third-order valence-corrected chi connectivity index (χ3v) is 2.39. The molecule has 2 unspecified atom stereocenters. The summed E-state index contributed by atoms with van der Waals surface area (Å²) in [5, 5.41) is 0. The van der Waals surface area contributed by atoms with Crippen LogP contribution in [-0.2, 0) is 4.79 Å². The van der Waals surface area contributed by atoms with Crippen molar-refractivity contribution in [2.24, 2.45) is 11.5 Å². The average Bonchev–Trinajstić information content (AvgIpc) is 2.19. The van der Waals surface area contributed by atoms with Gasteiger partial charge in [0.15, 0.2) is 0 Å². The van der Waals surface area contributed by atoms with Crippen molar-refractivity contribution >= 4 is 5.78 Å². The van der Waals surface area contributed by atoms with Crippen molar-refractivity contribution in [3.05, 3.63) is 24.3 Å². The molecule has 0 aromatic rings. The first kappa shape index (κ1) is 13.8. The van der Waals surface area contributed by atoms with Crippen molar-refractivity contribution in [2.75, 3.05) is 0 Å². The zero-order valence-electron chi connectivity index (χ0n) is 8.34. The molecule has 2 atom stereocenters. The SMILES string of the molecule is NC1C=CC=CC1(N)C(=O)C(F)(F)C(F)(F)F. The number of Topliss-reactive ketones (excluding diaryl/α,β-unsaturated/α-hetero) is 1. The minimum Gasteiger partial charge on any atom is -0.322 e. The number of hydrogen-bond donors (Lipinski definition) is 2. The highest BCUT2D eigenvalue weighted by Crippen LogP contribution is 2.39. The van der Waals surface area contributed by atoms with E-state index >= 15 is 0 Å². The first-order chi connectivity index (χ1) is 7.53. The maximum atomic E-state index is 12.9. The Hall–Kier alpha value is -1.28. The van der Waals surface area contributed by atoms with Crippen LogP contribution in [0.2, 0.25) is 0 Å². The molecule has 0 aromatic carbocycles. The molecule has 0 fully saturated rings. The summed E-state index contributed by atoms with van der Waals surface area (Å²) in [5.74, 6) is -8.00. The lowest BCUT2D eigenvalue weighted by molar-refractivity contribution is -0.270. The van der Waals surface area contributed by atoms with E-state index in [1.165, 1.54) is 6.08 Å². The molecule has 0 spiro atoms. The summed E-state index contributed by atoms with van der Waals surface area (Å²) in [7, 11) is 0. The molecule has 0 amide bonds. The molecule has 0 saturated heterocycles. The topological polar surface area (TPSA) is 69.1 Å². The molecule has 1 aliphatic rings. The number of rotatable bonds is 2. The molecule has 3 nitrogen and oxygen atoms in total. The van der Waals surface area contributed by atoms with Gasteiger partial charge in [0.25, 0.3) is 0 Å². The molecule has 0 bridgehead atoms. The van der Waals surface area contributed by atoms with Gasteiger partial charge in [-0.1, -0.05) is 24.3 Å². The predicted molar refractivity (Wildman–Crippen MR) is 49.2 cm³/mol. The lowest BCUT2D eigenvalue weighted by Crippen LogP contribution is -2.66. The van der Waals surface area contributed by atoms with Crippen LogP contribution in [0.4, 0.5) is 22.0 Å². The van der Waals surface area contributed by atoms with E-state index in [2.05, 4.69) is 0 Å². The minimum absolute atomic E-state index is 0.736. The Morgan fingerprint density at radius 1 is 1.18 bits per heavy atom. The van der Waals surface area contributed by atoms with Crippen molar-refractivity contribution in [1.29, 1.82) is 0 Å². The smallest absolute Gasteiger partial charge is 0.322 e. The van der Waals surface area contributed by atoms with Gasteiger partial charge in [-0.15, -0.1) is 0 Å². The number of carbonyl (C=O) groups is 1. The first-order valence-corrected chi connectivity index (χ1v) is 4.43. The Bertz CT molecular complexity index is 387. The number of halogens is 5. The van der Waals surface area contributed by atoms with Gasteiger partial charge >= 0.3 is 12.1 Å². The highest BCUT2D eigenvalue weighted by Gasteiger charge is 2.67. The fourth-order valence-electron chi connectivity index (χ4n) is 1.30. The van der Waals surface area contributed by atoms with Gasteiger partial charge in [0.2, 0.25) is 5.78 Å². The molecule has 0 saturated carbocycles. The Balaban J connectivity index is 3.14. The van der Waals surface area contributed by atoms with Gasteiger partial charge in [-0.05, 0) is 0 Å². The molecule has 0 aliphatic heterocycles. The van der Waals surface area contributed by atoms with E-state index in [1.54, 1.807) is 0 Å². The largest absolute Gasteiger partial charge is 0.461 e. The number of nitrogens with two attached hydrogens (primary N) is 2. The van der Waals surface area contributed by atoms with E-state index in [0.717, 1.165) is 18.2 Å². The Kier molecular flexibility index (Phi) is 3.15. The second-order valence-electron chi connectivity index (χ2n) is 3.60. The molecule has 0 heterocycles. The quantitative estimate of drug-likeness (QED) is 0.721. The van der Waals surface area contributed by atoms with Crippen molar-refractivity contribution < 1.29 is 26.7 Å². The molecular weight excluding hydrogens is 247 g/mol. The summed E-state index contributed by atoms with van der Waals surface area (Å²) in [6.07, 6.45) is -1.79. The Labute approximate surface area is 92.9 Å². The summed E-state index contributed by atoms with van der Waals surface area (Å²) in [6, 6.07) is -1.44. The maximum Gasteiger partial charge on any atom is 0.461 e. The maximum absolute atomic E-state index is 12.9. The third kappa shape index (κ3) is 2.09. The Morgan fingerprint density at radius 3 is 2.12 bits per heavy atom. The average molecular weight is 256 g/mol. The molecule has 0 aromatic heterocycles. The van der Waals surface area contributed by atoms with E-state index < -0.39 is 29.5 Å². The second kappa shape index (κ2) is 3.88. The molecule has 1 aliphatic carbocycles. The molecule has 17 heavy (non-hydrogen) atoms. The highest BCUT2D eigenvalue weighted by molar-refractivity contribution is 5.98. The van der Waals surface area contributed by atoms with Gasteiger partial charge in [0, 0.05) is 0 Å². The van der Waals surface area contributed by atoms with Crippen LogP contribution < -0.4 is 11.5 Å². The van der Waals surface area contributed by atoms with E-state index in [0.29, 0.717) is 0 Å². The van der Waals surface area contributed by atoms with Crippen LogP contribution in [0, 0.1) is 0 Å². The summed E-state index contributed by atoms with van der Waals surface area (Å²) in [4.78, 5) is 11.2. The summed E-state index contributed by atoms with van der Waals surface area (Å²) in [6.45, 7) is 0. The molecule has 0 radical (unpaired) electrons. The van der Waals surface area contributed by atoms with E-state index in [-0.39, 0.29) is 0 Å². The zero-order valence-corrected chi connectivity index (χ0v) is 8.34. The van der Waals surface area contributed by atoms with Crippen LogP contribution in [0.3, 0.4) is 0 Å². The number of ketones is 1. The predicted octanol–water partition coefficient (Wildman–Crippen LogP) is 0.904. The van der Waals surface area contributed by atoms with Gasteiger partial charge in [-0.25, -0.2) is 0 Å². The van der Waals surface area contributed by atoms with Gasteiger partial charge in [0.1, 0.15) is 5.54 Å². The normalized spacial score (nSPS) is 29.5. The van der Waals surface area contributed by atoms with Gasteiger partial charge < -0.3 is 11.5 Å². The van der Waals surface area contributed by atoms with Crippen LogP contribution in [0.15, 0.2) is 24.3 Å².